The highest BCUT2D eigenvalue weighted by atomic mass is 127. The Labute approximate surface area is 117 Å². The van der Waals surface area contributed by atoms with Gasteiger partial charge in [0, 0.05) is 0 Å². The summed E-state index contributed by atoms with van der Waals surface area (Å²) >= 11 is 1.36. The molecule has 106 valence electrons. The Balaban J connectivity index is 3.64. The van der Waals surface area contributed by atoms with Crippen molar-refractivity contribution < 1.29 is 31.2 Å². The standard InChI is InChI=1S/C6H3F3IN3O5S/c7-6(8,9)18-5-4(13(14)15)2(19(11,16)17)1-3(10)12-5/h1H,(H2,11,16,17). The second kappa shape index (κ2) is 5.04. The van der Waals surface area contributed by atoms with Crippen LogP contribution in [0.3, 0.4) is 0 Å². The van der Waals surface area contributed by atoms with Crippen LogP contribution in [0.15, 0.2) is 11.0 Å². The lowest BCUT2D eigenvalue weighted by Crippen LogP contribution is -2.21. The van der Waals surface area contributed by atoms with Crippen molar-refractivity contribution >= 4 is 38.3 Å². The largest absolute Gasteiger partial charge is 0.574 e. The van der Waals surface area contributed by atoms with Gasteiger partial charge < -0.3 is 4.74 Å². The van der Waals surface area contributed by atoms with Gasteiger partial charge in [-0.05, 0) is 28.7 Å². The molecule has 0 aromatic carbocycles. The SMILES string of the molecule is NS(=O)(=O)c1cc(I)nc(OC(F)(F)F)c1[N+](=O)[O-]. The highest BCUT2D eigenvalue weighted by Gasteiger charge is 2.39. The molecule has 1 heterocycles. The third-order valence-electron chi connectivity index (χ3n) is 1.60. The summed E-state index contributed by atoms with van der Waals surface area (Å²) in [6, 6.07) is 0.664. The van der Waals surface area contributed by atoms with Crippen LogP contribution in [0.25, 0.3) is 0 Å². The smallest absolute Gasteiger partial charge is 0.381 e. The van der Waals surface area contributed by atoms with Crippen LogP contribution >= 0.6 is 22.6 Å². The minimum absolute atomic E-state index is 0.272. The van der Waals surface area contributed by atoms with Gasteiger partial charge in [0.25, 0.3) is 0 Å². The van der Waals surface area contributed by atoms with Gasteiger partial charge in [0.1, 0.15) is 3.70 Å². The summed E-state index contributed by atoms with van der Waals surface area (Å²) < 4.78 is 61.6. The minimum atomic E-state index is -5.27. The molecule has 0 atom stereocenters. The van der Waals surface area contributed by atoms with Gasteiger partial charge >= 0.3 is 17.9 Å². The molecule has 2 N–H and O–H groups in total. The maximum absolute atomic E-state index is 12.1. The number of aromatic nitrogens is 1. The first kappa shape index (κ1) is 15.8. The Morgan fingerprint density at radius 1 is 1.47 bits per heavy atom. The van der Waals surface area contributed by atoms with Crippen LogP contribution in [0.1, 0.15) is 0 Å². The van der Waals surface area contributed by atoms with E-state index >= 15 is 0 Å². The van der Waals surface area contributed by atoms with Crippen molar-refractivity contribution in [1.29, 1.82) is 0 Å². The van der Waals surface area contributed by atoms with Crippen molar-refractivity contribution in [1.82, 2.24) is 4.98 Å². The van der Waals surface area contributed by atoms with Crippen molar-refractivity contribution in [2.45, 2.75) is 11.3 Å². The zero-order valence-electron chi connectivity index (χ0n) is 8.51. The first-order valence-corrected chi connectivity index (χ1v) is 6.68. The van der Waals surface area contributed by atoms with Crippen molar-refractivity contribution in [3.05, 3.63) is 19.9 Å². The summed E-state index contributed by atoms with van der Waals surface area (Å²) in [4.78, 5) is 11.3. The quantitative estimate of drug-likeness (QED) is 0.343. The molecular formula is C6H3F3IN3O5S. The summed E-state index contributed by atoms with van der Waals surface area (Å²) in [5.74, 6) is -1.49. The van der Waals surface area contributed by atoms with Crippen LogP contribution < -0.4 is 9.88 Å². The van der Waals surface area contributed by atoms with Gasteiger partial charge in [0.2, 0.25) is 10.0 Å². The van der Waals surface area contributed by atoms with Crippen molar-refractivity contribution in [3.8, 4) is 5.88 Å². The van der Waals surface area contributed by atoms with E-state index in [4.69, 9.17) is 5.14 Å². The van der Waals surface area contributed by atoms with Crippen molar-refractivity contribution in [2.24, 2.45) is 5.14 Å². The van der Waals surface area contributed by atoms with Crippen molar-refractivity contribution in [3.63, 3.8) is 0 Å². The number of ether oxygens (including phenoxy) is 1. The maximum atomic E-state index is 12.1. The number of hydrogen-bond donors (Lipinski definition) is 1. The molecule has 0 amide bonds. The van der Waals surface area contributed by atoms with Gasteiger partial charge in [0.05, 0.1) is 4.92 Å². The third kappa shape index (κ3) is 4.13. The zero-order chi connectivity index (χ0) is 15.0. The number of nitro groups is 1. The molecule has 0 fully saturated rings. The molecule has 1 rings (SSSR count). The fourth-order valence-electron chi connectivity index (χ4n) is 1.03. The number of primary sulfonamides is 1. The number of nitrogens with two attached hydrogens (primary N) is 1. The van der Waals surface area contributed by atoms with E-state index in [0.717, 1.165) is 0 Å². The molecule has 8 nitrogen and oxygen atoms in total. The van der Waals surface area contributed by atoms with Gasteiger partial charge in [-0.15, -0.1) is 13.2 Å². The lowest BCUT2D eigenvalue weighted by atomic mass is 10.4. The molecule has 19 heavy (non-hydrogen) atoms. The van der Waals surface area contributed by atoms with E-state index < -0.39 is 37.8 Å². The lowest BCUT2D eigenvalue weighted by molar-refractivity contribution is -0.392. The average Bonchev–Trinajstić information content (AvgIpc) is 2.11. The number of nitrogens with zero attached hydrogens (tertiary/aromatic N) is 2. The van der Waals surface area contributed by atoms with E-state index in [2.05, 4.69) is 9.72 Å². The Hall–Kier alpha value is -1.22. The summed E-state index contributed by atoms with van der Waals surface area (Å²) in [6.45, 7) is 0. The second-order valence-corrected chi connectivity index (χ2v) is 5.58. The summed E-state index contributed by atoms with van der Waals surface area (Å²) in [5.41, 5.74) is -1.47. The van der Waals surface area contributed by atoms with E-state index in [1.165, 1.54) is 22.6 Å². The minimum Gasteiger partial charge on any atom is -0.381 e. The molecular weight excluding hydrogens is 410 g/mol. The fraction of sp³-hybridized carbons (Fsp3) is 0.167. The van der Waals surface area contributed by atoms with Gasteiger partial charge in [-0.1, -0.05) is 0 Å². The first-order valence-electron chi connectivity index (χ1n) is 4.05. The molecule has 1 aromatic rings. The normalized spacial score (nSPS) is 12.3. The zero-order valence-corrected chi connectivity index (χ0v) is 11.5. The molecule has 0 bridgehead atoms. The van der Waals surface area contributed by atoms with Gasteiger partial charge in [0.15, 0.2) is 4.90 Å². The molecule has 0 spiro atoms. The maximum Gasteiger partial charge on any atom is 0.574 e. The predicted molar refractivity (Wildman–Crippen MR) is 61.7 cm³/mol. The molecule has 0 aliphatic heterocycles. The molecule has 0 saturated carbocycles. The van der Waals surface area contributed by atoms with Gasteiger partial charge in [-0.3, -0.25) is 10.1 Å². The Kier molecular flexibility index (Phi) is 4.20. The number of alkyl halides is 3. The molecule has 1 aromatic heterocycles. The summed E-state index contributed by atoms with van der Waals surface area (Å²) in [6.07, 6.45) is -5.27. The van der Waals surface area contributed by atoms with Crippen LogP contribution in [-0.2, 0) is 10.0 Å². The van der Waals surface area contributed by atoms with Crippen LogP contribution in [0, 0.1) is 13.8 Å². The average molecular weight is 413 g/mol. The highest BCUT2D eigenvalue weighted by molar-refractivity contribution is 14.1. The van der Waals surface area contributed by atoms with Crippen LogP contribution in [-0.4, -0.2) is 24.7 Å². The molecule has 0 aliphatic carbocycles. The van der Waals surface area contributed by atoms with E-state index in [-0.39, 0.29) is 3.70 Å². The lowest BCUT2D eigenvalue weighted by Gasteiger charge is -2.10. The molecule has 0 aliphatic rings. The molecule has 13 heteroatoms. The predicted octanol–water partition coefficient (Wildman–Crippen LogP) is 1.14. The number of hydrogen-bond acceptors (Lipinski definition) is 6. The molecule has 0 saturated heterocycles. The van der Waals surface area contributed by atoms with Gasteiger partial charge in [-0.2, -0.15) is 0 Å². The number of sulfonamides is 1. The summed E-state index contributed by atoms with van der Waals surface area (Å²) in [5, 5.41) is 15.4. The topological polar surface area (TPSA) is 125 Å². The monoisotopic (exact) mass is 413 g/mol. The van der Waals surface area contributed by atoms with Crippen LogP contribution in [0.2, 0.25) is 0 Å². The van der Waals surface area contributed by atoms with E-state index in [9.17, 15) is 31.7 Å². The van der Waals surface area contributed by atoms with Crippen LogP contribution in [0.5, 0.6) is 5.88 Å². The number of pyridine rings is 1. The highest BCUT2D eigenvalue weighted by Crippen LogP contribution is 2.35. The molecule has 0 unspecified atom stereocenters. The number of halogens is 4. The summed E-state index contributed by atoms with van der Waals surface area (Å²) in [7, 11) is -4.61. The second-order valence-electron chi connectivity index (χ2n) is 2.95. The fourth-order valence-corrected chi connectivity index (χ4v) is 2.48. The van der Waals surface area contributed by atoms with Gasteiger partial charge in [-0.25, -0.2) is 18.5 Å². The Bertz CT molecular complexity index is 632. The third-order valence-corrected chi connectivity index (χ3v) is 3.07. The van der Waals surface area contributed by atoms with E-state index in [1.807, 2.05) is 0 Å². The van der Waals surface area contributed by atoms with Crippen LogP contribution in [0.4, 0.5) is 18.9 Å². The van der Waals surface area contributed by atoms with Crippen molar-refractivity contribution in [2.75, 3.05) is 0 Å². The molecule has 0 radical (unpaired) electrons. The van der Waals surface area contributed by atoms with E-state index in [1.54, 1.807) is 0 Å². The number of rotatable bonds is 3. The Morgan fingerprint density at radius 2 is 2.00 bits per heavy atom. The Morgan fingerprint density at radius 3 is 2.37 bits per heavy atom. The first-order chi connectivity index (χ1) is 8.42. The van der Waals surface area contributed by atoms with E-state index in [0.29, 0.717) is 6.07 Å².